The molecule has 0 saturated heterocycles. The van der Waals surface area contributed by atoms with Crippen molar-refractivity contribution in [2.24, 2.45) is 17.6 Å². The molecule has 0 radical (unpaired) electrons. The van der Waals surface area contributed by atoms with Gasteiger partial charge in [-0.05, 0) is 36.5 Å². The van der Waals surface area contributed by atoms with Crippen LogP contribution in [-0.4, -0.2) is 178 Å². The molecular formula is C45H71ClN6O15. The summed E-state index contributed by atoms with van der Waals surface area (Å²) in [7, 11) is 0. The van der Waals surface area contributed by atoms with Crippen LogP contribution in [0.3, 0.4) is 0 Å². The van der Waals surface area contributed by atoms with E-state index in [2.05, 4.69) is 21.3 Å². The average molecular weight is 972 g/mol. The number of primary amides is 1. The number of urea groups is 1. The number of hydrogen-bond donors (Lipinski definition) is 5. The van der Waals surface area contributed by atoms with E-state index in [1.165, 1.54) is 12.2 Å². The zero-order valence-electron chi connectivity index (χ0n) is 38.9. The van der Waals surface area contributed by atoms with Crippen LogP contribution in [0, 0.1) is 11.8 Å². The molecule has 0 saturated carbocycles. The van der Waals surface area contributed by atoms with E-state index in [4.69, 9.17) is 55.2 Å². The summed E-state index contributed by atoms with van der Waals surface area (Å²) in [4.78, 5) is 86.4. The first kappa shape index (κ1) is 58.5. The lowest BCUT2D eigenvalue weighted by Gasteiger charge is -2.24. The molecule has 0 aromatic heterocycles. The summed E-state index contributed by atoms with van der Waals surface area (Å²) in [6.45, 7) is 10.1. The summed E-state index contributed by atoms with van der Waals surface area (Å²) in [5.41, 5.74) is 6.62. The number of ether oxygens (including phenoxy) is 8. The molecular weight excluding hydrogens is 900 g/mol. The van der Waals surface area contributed by atoms with E-state index >= 15 is 0 Å². The summed E-state index contributed by atoms with van der Waals surface area (Å²) in [5.74, 6) is -2.65. The number of alkyl halides is 1. The van der Waals surface area contributed by atoms with Crippen LogP contribution >= 0.6 is 11.6 Å². The van der Waals surface area contributed by atoms with Crippen LogP contribution in [0.15, 0.2) is 36.4 Å². The van der Waals surface area contributed by atoms with Crippen molar-refractivity contribution in [1.82, 2.24) is 20.9 Å². The van der Waals surface area contributed by atoms with Crippen LogP contribution in [0.5, 0.6) is 0 Å². The van der Waals surface area contributed by atoms with Gasteiger partial charge in [-0.3, -0.25) is 33.7 Å². The van der Waals surface area contributed by atoms with Gasteiger partial charge in [0.15, 0.2) is 5.78 Å². The molecule has 21 nitrogen and oxygen atoms in total. The third-order valence-corrected chi connectivity index (χ3v) is 9.97. The highest BCUT2D eigenvalue weighted by molar-refractivity contribution is 6.17. The first-order valence-corrected chi connectivity index (χ1v) is 23.2. The highest BCUT2D eigenvalue weighted by atomic mass is 35.5. The number of carbonyl (C=O) groups is 7. The molecule has 0 fully saturated rings. The van der Waals surface area contributed by atoms with Crippen LogP contribution in [0.2, 0.25) is 0 Å². The first-order chi connectivity index (χ1) is 32.4. The van der Waals surface area contributed by atoms with Gasteiger partial charge in [0.2, 0.25) is 17.7 Å². The predicted octanol–water partition coefficient (Wildman–Crippen LogP) is 1.48. The highest BCUT2D eigenvalue weighted by Gasteiger charge is 2.29. The predicted molar refractivity (Wildman–Crippen MR) is 246 cm³/mol. The lowest BCUT2D eigenvalue weighted by atomic mass is 9.89. The van der Waals surface area contributed by atoms with Crippen molar-refractivity contribution >= 4 is 58.6 Å². The Kier molecular flexibility index (Phi) is 32.7. The normalized spacial score (nSPS) is 13.2. The average Bonchev–Trinajstić information content (AvgIpc) is 3.63. The van der Waals surface area contributed by atoms with Crippen molar-refractivity contribution in [1.29, 1.82) is 0 Å². The van der Waals surface area contributed by atoms with Gasteiger partial charge in [0.1, 0.15) is 0 Å². The molecule has 1 aliphatic heterocycles. The largest absolute Gasteiger partial charge is 0.379 e. The maximum atomic E-state index is 13.5. The minimum atomic E-state index is -0.801. The van der Waals surface area contributed by atoms with Crippen LogP contribution in [0.4, 0.5) is 10.5 Å². The third-order valence-electron chi connectivity index (χ3n) is 9.66. The fraction of sp³-hybridized carbons (Fsp3) is 0.667. The highest BCUT2D eigenvalue weighted by Crippen LogP contribution is 2.20. The van der Waals surface area contributed by atoms with Gasteiger partial charge in [-0.1, -0.05) is 26.0 Å². The second-order valence-electron chi connectivity index (χ2n) is 15.3. The number of Topliss-reactive ketones (excluding diaryl/α,β-unsaturated/α-hetero) is 1. The number of nitrogens with one attached hydrogen (secondary N) is 4. The number of ketones is 1. The molecule has 378 valence electrons. The standard InChI is InChI=1S/C45H71ClN6O15/c1-34(2)43(38(53)32-36(4-3-13-49-45(47)59)44(58)50-37-7-5-35(33-46)6-8-37)51-40(55)12-16-60-18-20-62-22-24-64-26-28-66-30-31-67-29-27-65-25-23-63-21-19-61-17-14-48-39(54)11-15-52-41(56)9-10-42(52)57/h5-10,34,36,43H,3-4,11-33H2,1-2H3,(H,48,54)(H,50,58)(H,51,55)(H3,47,49,59)/t36-,43+/m1/s1. The molecule has 0 bridgehead atoms. The van der Waals surface area contributed by atoms with Crippen molar-refractivity contribution < 1.29 is 71.5 Å². The fourth-order valence-electron chi connectivity index (χ4n) is 6.06. The quantitative estimate of drug-likeness (QED) is 0.0353. The third kappa shape index (κ3) is 29.0. The molecule has 2 atom stereocenters. The molecule has 1 aliphatic rings. The molecule has 1 heterocycles. The lowest BCUT2D eigenvalue weighted by molar-refractivity contribution is -0.137. The number of halogens is 1. The summed E-state index contributed by atoms with van der Waals surface area (Å²) in [5, 5.41) is 10.8. The van der Waals surface area contributed by atoms with Crippen LogP contribution < -0.4 is 27.0 Å². The van der Waals surface area contributed by atoms with E-state index in [1.807, 2.05) is 13.8 Å². The zero-order valence-corrected chi connectivity index (χ0v) is 39.7. The number of imide groups is 1. The molecule has 6 N–H and O–H groups in total. The number of anilines is 1. The maximum absolute atomic E-state index is 13.5. The number of benzene rings is 1. The van der Waals surface area contributed by atoms with Gasteiger partial charge in [0.25, 0.3) is 11.8 Å². The Bertz CT molecular complexity index is 1620. The monoisotopic (exact) mass is 970 g/mol. The molecule has 0 unspecified atom stereocenters. The molecule has 7 amide bonds. The van der Waals surface area contributed by atoms with Gasteiger partial charge in [-0.2, -0.15) is 0 Å². The number of rotatable bonds is 42. The summed E-state index contributed by atoms with van der Waals surface area (Å²) < 4.78 is 43.8. The van der Waals surface area contributed by atoms with Crippen molar-refractivity contribution in [3.05, 3.63) is 42.0 Å². The van der Waals surface area contributed by atoms with Gasteiger partial charge < -0.3 is 64.9 Å². The van der Waals surface area contributed by atoms with Gasteiger partial charge in [-0.25, -0.2) is 4.79 Å². The minimum absolute atomic E-state index is 0.0342. The van der Waals surface area contributed by atoms with E-state index in [1.54, 1.807) is 24.3 Å². The first-order valence-electron chi connectivity index (χ1n) is 22.6. The molecule has 22 heteroatoms. The summed E-state index contributed by atoms with van der Waals surface area (Å²) >= 11 is 5.87. The maximum Gasteiger partial charge on any atom is 0.312 e. The molecule has 67 heavy (non-hydrogen) atoms. The Morgan fingerprint density at radius 3 is 1.57 bits per heavy atom. The molecule has 1 aromatic carbocycles. The Labute approximate surface area is 398 Å². The van der Waals surface area contributed by atoms with Gasteiger partial charge in [0, 0.05) is 68.5 Å². The van der Waals surface area contributed by atoms with Crippen molar-refractivity contribution in [2.75, 3.05) is 131 Å². The summed E-state index contributed by atoms with van der Waals surface area (Å²) in [6.07, 6.45) is 3.08. The topological polar surface area (TPSA) is 271 Å². The van der Waals surface area contributed by atoms with Crippen molar-refractivity contribution in [2.45, 2.75) is 57.9 Å². The Morgan fingerprint density at radius 1 is 0.627 bits per heavy atom. The number of carbonyl (C=O) groups excluding carboxylic acids is 7. The SMILES string of the molecule is CC(C)[C@H](NC(=O)CCOCCOCCOCCOCCOCCOCCOCCOCCNC(=O)CCN1C(=O)C=CC1=O)C(=O)C[C@@H](CCCNC(N)=O)C(=O)Nc1ccc(CCl)cc1. The Hall–Kier alpha value is -4.58. The van der Waals surface area contributed by atoms with E-state index in [9.17, 15) is 33.6 Å². The van der Waals surface area contributed by atoms with E-state index in [0.717, 1.165) is 10.5 Å². The van der Waals surface area contributed by atoms with Gasteiger partial charge in [0.05, 0.1) is 112 Å². The van der Waals surface area contributed by atoms with Crippen molar-refractivity contribution in [3.63, 3.8) is 0 Å². The van der Waals surface area contributed by atoms with Gasteiger partial charge in [-0.15, -0.1) is 11.6 Å². The van der Waals surface area contributed by atoms with Gasteiger partial charge >= 0.3 is 6.03 Å². The number of nitrogens with two attached hydrogens (primary N) is 1. The number of amides is 7. The number of nitrogens with zero attached hydrogens (tertiary/aromatic N) is 1. The number of hydrogen-bond acceptors (Lipinski definition) is 15. The van der Waals surface area contributed by atoms with E-state index in [0.29, 0.717) is 123 Å². The second kappa shape index (κ2) is 37.4. The minimum Gasteiger partial charge on any atom is -0.379 e. The molecule has 0 spiro atoms. The molecule has 1 aromatic rings. The van der Waals surface area contributed by atoms with Crippen molar-refractivity contribution in [3.8, 4) is 0 Å². The Balaban J connectivity index is 1.39. The van der Waals surface area contributed by atoms with E-state index in [-0.39, 0.29) is 75.0 Å². The zero-order chi connectivity index (χ0) is 48.9. The smallest absolute Gasteiger partial charge is 0.312 e. The van der Waals surface area contributed by atoms with E-state index < -0.39 is 29.8 Å². The summed E-state index contributed by atoms with van der Waals surface area (Å²) in [6, 6.07) is 5.59. The van der Waals surface area contributed by atoms with Crippen LogP contribution in [0.1, 0.15) is 51.5 Å². The lowest BCUT2D eigenvalue weighted by Crippen LogP contribution is -2.45. The fourth-order valence-corrected chi connectivity index (χ4v) is 6.24. The van der Waals surface area contributed by atoms with Crippen LogP contribution in [-0.2, 0) is 72.5 Å². The Morgan fingerprint density at radius 2 is 1.10 bits per heavy atom. The second-order valence-corrected chi connectivity index (χ2v) is 15.6. The molecule has 2 rings (SSSR count). The molecule has 0 aliphatic carbocycles. The van der Waals surface area contributed by atoms with Crippen LogP contribution in [0.25, 0.3) is 0 Å².